The largest absolute Gasteiger partial charge is 0.508 e. The molecule has 0 amide bonds. The minimum absolute atomic E-state index is 0.140. The number of likely N-dealkylation sites (tertiary alicyclic amines) is 1. The number of Topliss-reactive ketones (excluding diaryl/α,β-unsaturated/α-hetero) is 1. The summed E-state index contributed by atoms with van der Waals surface area (Å²) in [4.78, 5) is 15.5. The topological polar surface area (TPSA) is 60.8 Å². The van der Waals surface area contributed by atoms with E-state index in [1.807, 2.05) is 42.5 Å². The van der Waals surface area contributed by atoms with Gasteiger partial charge in [-0.2, -0.15) is 0 Å². The highest BCUT2D eigenvalue weighted by atomic mass is 16.3. The van der Waals surface area contributed by atoms with Gasteiger partial charge >= 0.3 is 0 Å². The zero-order valence-electron chi connectivity index (χ0n) is 18.0. The van der Waals surface area contributed by atoms with E-state index in [0.29, 0.717) is 24.8 Å². The summed E-state index contributed by atoms with van der Waals surface area (Å²) < 4.78 is 0. The van der Waals surface area contributed by atoms with Gasteiger partial charge in [-0.05, 0) is 71.6 Å². The second-order valence-corrected chi connectivity index (χ2v) is 8.72. The average Bonchev–Trinajstić information content (AvgIpc) is 3.25. The molecule has 0 spiro atoms. The van der Waals surface area contributed by atoms with Gasteiger partial charge in [-0.1, -0.05) is 48.5 Å². The minimum atomic E-state index is 0.140. The van der Waals surface area contributed by atoms with Gasteiger partial charge in [-0.3, -0.25) is 9.69 Å². The molecular formula is C28H27NO3. The standard InChI is InChI=1S/C28H27NO3/c30-22-12-13-24-20(17-22)6-3-9-25(24)27(31)15-11-21-7-4-16-29(21)18-26-23-8-2-1-5-19(23)10-14-28(26)32/h1-3,5-6,8-10,12-14,17,21,30,32H,4,7,11,15-16,18H2. The van der Waals surface area contributed by atoms with Crippen LogP contribution in [0, 0.1) is 0 Å². The third-order valence-electron chi connectivity index (χ3n) is 6.75. The quantitative estimate of drug-likeness (QED) is 0.370. The Hall–Kier alpha value is -3.37. The summed E-state index contributed by atoms with van der Waals surface area (Å²) in [7, 11) is 0. The van der Waals surface area contributed by atoms with Gasteiger partial charge in [-0.15, -0.1) is 0 Å². The first-order valence-corrected chi connectivity index (χ1v) is 11.3. The van der Waals surface area contributed by atoms with Gasteiger partial charge in [0.2, 0.25) is 0 Å². The smallest absolute Gasteiger partial charge is 0.163 e. The van der Waals surface area contributed by atoms with Crippen molar-refractivity contribution in [2.75, 3.05) is 6.54 Å². The number of nitrogens with zero attached hydrogens (tertiary/aromatic N) is 1. The van der Waals surface area contributed by atoms with Crippen LogP contribution >= 0.6 is 0 Å². The molecule has 0 saturated carbocycles. The average molecular weight is 426 g/mol. The lowest BCUT2D eigenvalue weighted by atomic mass is 9.96. The summed E-state index contributed by atoms with van der Waals surface area (Å²) in [6.07, 6.45) is 3.47. The van der Waals surface area contributed by atoms with Crippen molar-refractivity contribution >= 4 is 27.3 Å². The summed E-state index contributed by atoms with van der Waals surface area (Å²) >= 11 is 0. The third kappa shape index (κ3) is 3.94. The van der Waals surface area contributed by atoms with E-state index in [4.69, 9.17) is 0 Å². The molecule has 1 heterocycles. The Kier molecular flexibility index (Phi) is 5.54. The molecule has 2 N–H and O–H groups in total. The zero-order chi connectivity index (χ0) is 22.1. The van der Waals surface area contributed by atoms with Gasteiger partial charge in [0.15, 0.2) is 5.78 Å². The summed E-state index contributed by atoms with van der Waals surface area (Å²) in [5.41, 5.74) is 1.69. The summed E-state index contributed by atoms with van der Waals surface area (Å²) in [5, 5.41) is 24.3. The second-order valence-electron chi connectivity index (χ2n) is 8.72. The van der Waals surface area contributed by atoms with Crippen molar-refractivity contribution < 1.29 is 15.0 Å². The molecule has 5 rings (SSSR count). The molecule has 4 aromatic carbocycles. The number of aromatic hydroxyl groups is 2. The Morgan fingerprint density at radius 3 is 2.66 bits per heavy atom. The molecule has 32 heavy (non-hydrogen) atoms. The van der Waals surface area contributed by atoms with Crippen LogP contribution in [-0.2, 0) is 6.54 Å². The zero-order valence-corrected chi connectivity index (χ0v) is 18.0. The number of hydrogen-bond acceptors (Lipinski definition) is 4. The highest BCUT2D eigenvalue weighted by Gasteiger charge is 2.26. The summed E-state index contributed by atoms with van der Waals surface area (Å²) in [5.74, 6) is 0.686. The lowest BCUT2D eigenvalue weighted by Crippen LogP contribution is -2.29. The molecule has 0 aliphatic carbocycles. The number of ketones is 1. The molecule has 162 valence electrons. The molecule has 0 radical (unpaired) electrons. The Morgan fingerprint density at radius 1 is 0.906 bits per heavy atom. The van der Waals surface area contributed by atoms with Crippen LogP contribution in [0.1, 0.15) is 41.6 Å². The number of hydrogen-bond donors (Lipinski definition) is 2. The van der Waals surface area contributed by atoms with Crippen LogP contribution < -0.4 is 0 Å². The maximum Gasteiger partial charge on any atom is 0.163 e. The maximum absolute atomic E-state index is 13.1. The predicted octanol–water partition coefficient (Wildman–Crippen LogP) is 6.03. The van der Waals surface area contributed by atoms with Gasteiger partial charge < -0.3 is 10.2 Å². The van der Waals surface area contributed by atoms with Crippen LogP contribution in [0.2, 0.25) is 0 Å². The van der Waals surface area contributed by atoms with Crippen LogP contribution in [0.15, 0.2) is 72.8 Å². The van der Waals surface area contributed by atoms with E-state index in [-0.39, 0.29) is 11.5 Å². The Labute approximate surface area is 187 Å². The lowest BCUT2D eigenvalue weighted by molar-refractivity contribution is 0.0967. The molecule has 1 unspecified atom stereocenters. The van der Waals surface area contributed by atoms with Crippen molar-refractivity contribution in [3.63, 3.8) is 0 Å². The van der Waals surface area contributed by atoms with E-state index in [1.54, 1.807) is 18.2 Å². The van der Waals surface area contributed by atoms with Crippen molar-refractivity contribution in [1.29, 1.82) is 0 Å². The van der Waals surface area contributed by atoms with Gasteiger partial charge in [-0.25, -0.2) is 0 Å². The van der Waals surface area contributed by atoms with E-state index in [0.717, 1.165) is 58.5 Å². The van der Waals surface area contributed by atoms with E-state index >= 15 is 0 Å². The third-order valence-corrected chi connectivity index (χ3v) is 6.75. The fraction of sp³-hybridized carbons (Fsp3) is 0.250. The molecular weight excluding hydrogens is 398 g/mol. The van der Waals surface area contributed by atoms with Crippen molar-refractivity contribution in [2.24, 2.45) is 0 Å². The Balaban J connectivity index is 1.32. The first-order valence-electron chi connectivity index (χ1n) is 11.3. The molecule has 0 bridgehead atoms. The predicted molar refractivity (Wildman–Crippen MR) is 128 cm³/mol. The van der Waals surface area contributed by atoms with Crippen LogP contribution in [0.5, 0.6) is 11.5 Å². The molecule has 4 heteroatoms. The van der Waals surface area contributed by atoms with Gasteiger partial charge in [0, 0.05) is 30.1 Å². The summed E-state index contributed by atoms with van der Waals surface area (Å²) in [6.45, 7) is 1.68. The first-order chi connectivity index (χ1) is 15.6. The molecule has 1 aliphatic rings. The van der Waals surface area contributed by atoms with Crippen LogP contribution in [0.3, 0.4) is 0 Å². The molecule has 4 nitrogen and oxygen atoms in total. The molecule has 1 atom stereocenters. The maximum atomic E-state index is 13.1. The van der Waals surface area contributed by atoms with E-state index in [9.17, 15) is 15.0 Å². The fourth-order valence-corrected chi connectivity index (χ4v) is 5.07. The van der Waals surface area contributed by atoms with Gasteiger partial charge in [0.25, 0.3) is 0 Å². The van der Waals surface area contributed by atoms with Crippen LogP contribution in [0.25, 0.3) is 21.5 Å². The molecule has 0 aromatic heterocycles. The van der Waals surface area contributed by atoms with Crippen molar-refractivity contribution in [2.45, 2.75) is 38.3 Å². The van der Waals surface area contributed by atoms with Crippen molar-refractivity contribution in [3.05, 3.63) is 83.9 Å². The molecule has 1 aliphatic heterocycles. The number of phenolic OH excluding ortho intramolecular Hbond substituents is 2. The van der Waals surface area contributed by atoms with Crippen molar-refractivity contribution in [1.82, 2.24) is 4.90 Å². The van der Waals surface area contributed by atoms with E-state index in [2.05, 4.69) is 17.0 Å². The summed E-state index contributed by atoms with van der Waals surface area (Å²) in [6, 6.07) is 23.1. The molecule has 4 aromatic rings. The fourth-order valence-electron chi connectivity index (χ4n) is 5.07. The van der Waals surface area contributed by atoms with Crippen LogP contribution in [0.4, 0.5) is 0 Å². The second kappa shape index (κ2) is 8.64. The number of carbonyl (C=O) groups is 1. The SMILES string of the molecule is O=C(CCC1CCCN1Cc1c(O)ccc2ccccc12)c1cccc2cc(O)ccc12. The normalized spacial score (nSPS) is 16.7. The van der Waals surface area contributed by atoms with Crippen LogP contribution in [-0.4, -0.2) is 33.5 Å². The minimum Gasteiger partial charge on any atom is -0.508 e. The highest BCUT2D eigenvalue weighted by molar-refractivity contribution is 6.08. The van der Waals surface area contributed by atoms with Crippen molar-refractivity contribution in [3.8, 4) is 11.5 Å². The number of carbonyl (C=O) groups excluding carboxylic acids is 1. The van der Waals surface area contributed by atoms with Gasteiger partial charge in [0.1, 0.15) is 11.5 Å². The van der Waals surface area contributed by atoms with E-state index in [1.165, 1.54) is 0 Å². The monoisotopic (exact) mass is 425 g/mol. The lowest BCUT2D eigenvalue weighted by Gasteiger charge is -2.25. The Bertz CT molecular complexity index is 1300. The molecule has 1 fully saturated rings. The highest BCUT2D eigenvalue weighted by Crippen LogP contribution is 2.32. The first kappa shape index (κ1) is 20.5. The molecule has 1 saturated heterocycles. The van der Waals surface area contributed by atoms with Gasteiger partial charge in [0.05, 0.1) is 0 Å². The number of benzene rings is 4. The van der Waals surface area contributed by atoms with E-state index < -0.39 is 0 Å². The number of phenols is 2. The number of fused-ring (bicyclic) bond motifs is 2. The number of rotatable bonds is 6. The Morgan fingerprint density at radius 2 is 1.75 bits per heavy atom.